The van der Waals surface area contributed by atoms with E-state index in [4.69, 9.17) is 14.2 Å². The number of carbonyl (C=O) groups is 3. The van der Waals surface area contributed by atoms with Crippen molar-refractivity contribution in [2.24, 2.45) is 0 Å². The predicted octanol–water partition coefficient (Wildman–Crippen LogP) is 4.33. The Kier molecular flexibility index (Phi) is 11.3. The van der Waals surface area contributed by atoms with Gasteiger partial charge in [-0.2, -0.15) is 0 Å². The Bertz CT molecular complexity index is 1110. The number of anilines is 1. The lowest BCUT2D eigenvalue weighted by Gasteiger charge is -2.38. The minimum absolute atomic E-state index is 0.0748. The zero-order valence-electron chi connectivity index (χ0n) is 23.3. The maximum atomic E-state index is 13.9. The largest absolute Gasteiger partial charge is 0.463 e. The van der Waals surface area contributed by atoms with Crippen molar-refractivity contribution in [1.82, 2.24) is 4.90 Å². The van der Waals surface area contributed by atoms with Gasteiger partial charge < -0.3 is 19.1 Å². The van der Waals surface area contributed by atoms with Crippen LogP contribution in [-0.4, -0.2) is 81.8 Å². The molecule has 210 valence electrons. The van der Waals surface area contributed by atoms with Gasteiger partial charge in [0.05, 0.1) is 37.5 Å². The number of rotatable bonds is 14. The molecule has 0 aliphatic carbocycles. The van der Waals surface area contributed by atoms with Gasteiger partial charge >= 0.3 is 11.9 Å². The third-order valence-electron chi connectivity index (χ3n) is 7.24. The number of morpholine rings is 1. The van der Waals surface area contributed by atoms with Crippen molar-refractivity contribution in [3.63, 3.8) is 0 Å². The van der Waals surface area contributed by atoms with Crippen LogP contribution < -0.4 is 4.90 Å². The van der Waals surface area contributed by atoms with Crippen molar-refractivity contribution in [2.45, 2.75) is 38.1 Å². The van der Waals surface area contributed by atoms with Gasteiger partial charge in [0.2, 0.25) is 0 Å². The van der Waals surface area contributed by atoms with Crippen LogP contribution in [0.2, 0.25) is 0 Å². The molecule has 2 aromatic carbocycles. The van der Waals surface area contributed by atoms with Crippen molar-refractivity contribution in [3.8, 4) is 0 Å². The lowest BCUT2D eigenvalue weighted by atomic mass is 9.80. The fourth-order valence-electron chi connectivity index (χ4n) is 4.74. The first-order valence-corrected chi connectivity index (χ1v) is 13.5. The molecular formula is C31H40N2O6. The molecule has 1 unspecified atom stereocenters. The van der Waals surface area contributed by atoms with E-state index in [1.165, 1.54) is 0 Å². The van der Waals surface area contributed by atoms with Crippen molar-refractivity contribution >= 4 is 23.4 Å². The highest BCUT2D eigenvalue weighted by atomic mass is 16.5. The van der Waals surface area contributed by atoms with Gasteiger partial charge in [-0.15, -0.1) is 0 Å². The van der Waals surface area contributed by atoms with Gasteiger partial charge in [0.15, 0.2) is 5.78 Å². The number of likely N-dealkylation sites (N-methyl/N-ethyl adjacent to an activating group) is 1. The molecule has 2 aromatic rings. The number of esters is 2. The minimum atomic E-state index is -0.725. The zero-order valence-corrected chi connectivity index (χ0v) is 23.3. The fraction of sp³-hybridized carbons (Fsp3) is 0.452. The summed E-state index contributed by atoms with van der Waals surface area (Å²) in [6.45, 7) is 9.00. The molecule has 8 nitrogen and oxygen atoms in total. The highest BCUT2D eigenvalue weighted by Gasteiger charge is 2.39. The van der Waals surface area contributed by atoms with Gasteiger partial charge in [-0.05, 0) is 81.7 Å². The van der Waals surface area contributed by atoms with Crippen LogP contribution >= 0.6 is 0 Å². The number of benzene rings is 2. The minimum Gasteiger partial charge on any atom is -0.463 e. The molecule has 0 aromatic heterocycles. The normalized spacial score (nSPS) is 14.9. The summed E-state index contributed by atoms with van der Waals surface area (Å²) >= 11 is 0. The molecule has 0 bridgehead atoms. The Morgan fingerprint density at radius 1 is 0.949 bits per heavy atom. The SMILES string of the molecule is C=CC(=O)OCCCCOC(=O)c1ccc(CC(CC)(C(=O)c2ccc(N3CCOCC3)cc2)N(C)C)cc1. The number of Topliss-reactive ketones (excluding diaryl/α,β-unsaturated/α-hetero) is 1. The quantitative estimate of drug-likeness (QED) is 0.153. The second kappa shape index (κ2) is 14.6. The number of unbranched alkanes of at least 4 members (excludes halogenated alkanes) is 1. The number of nitrogens with zero attached hydrogens (tertiary/aromatic N) is 2. The Morgan fingerprint density at radius 2 is 1.54 bits per heavy atom. The number of ether oxygens (including phenoxy) is 3. The number of hydrogen-bond acceptors (Lipinski definition) is 8. The molecule has 0 saturated carbocycles. The third-order valence-corrected chi connectivity index (χ3v) is 7.24. The molecule has 1 atom stereocenters. The summed E-state index contributed by atoms with van der Waals surface area (Å²) in [5.74, 6) is -0.793. The maximum absolute atomic E-state index is 13.9. The van der Waals surface area contributed by atoms with Gasteiger partial charge in [-0.25, -0.2) is 9.59 Å². The van der Waals surface area contributed by atoms with E-state index < -0.39 is 17.5 Å². The van der Waals surface area contributed by atoms with Gasteiger partial charge in [-0.1, -0.05) is 25.6 Å². The first-order valence-electron chi connectivity index (χ1n) is 13.5. The van der Waals surface area contributed by atoms with Crippen LogP contribution in [0.5, 0.6) is 0 Å². The summed E-state index contributed by atoms with van der Waals surface area (Å²) in [5, 5.41) is 0. The number of carbonyl (C=O) groups excluding carboxylic acids is 3. The molecular weight excluding hydrogens is 496 g/mol. The summed E-state index contributed by atoms with van der Waals surface area (Å²) < 4.78 is 15.7. The average Bonchev–Trinajstić information content (AvgIpc) is 2.97. The monoisotopic (exact) mass is 536 g/mol. The second-order valence-corrected chi connectivity index (χ2v) is 9.84. The van der Waals surface area contributed by atoms with E-state index in [2.05, 4.69) is 11.5 Å². The molecule has 1 aliphatic rings. The lowest BCUT2D eigenvalue weighted by molar-refractivity contribution is -0.137. The summed E-state index contributed by atoms with van der Waals surface area (Å²) in [5.41, 5.74) is 2.47. The maximum Gasteiger partial charge on any atom is 0.338 e. The predicted molar refractivity (Wildman–Crippen MR) is 151 cm³/mol. The van der Waals surface area contributed by atoms with E-state index >= 15 is 0 Å². The van der Waals surface area contributed by atoms with Gasteiger partial charge in [0.25, 0.3) is 0 Å². The average molecular weight is 537 g/mol. The molecule has 0 N–H and O–H groups in total. The Hall–Kier alpha value is -3.49. The van der Waals surface area contributed by atoms with Crippen LogP contribution in [0.3, 0.4) is 0 Å². The first-order chi connectivity index (χ1) is 18.8. The molecule has 1 aliphatic heterocycles. The Morgan fingerprint density at radius 3 is 2.10 bits per heavy atom. The summed E-state index contributed by atoms with van der Waals surface area (Å²) in [6.07, 6.45) is 3.45. The highest BCUT2D eigenvalue weighted by molar-refractivity contribution is 6.03. The zero-order chi connectivity index (χ0) is 28.3. The topological polar surface area (TPSA) is 85.4 Å². The molecule has 0 spiro atoms. The van der Waals surface area contributed by atoms with Crippen molar-refractivity contribution in [1.29, 1.82) is 0 Å². The van der Waals surface area contributed by atoms with Gasteiger partial charge in [-0.3, -0.25) is 9.69 Å². The Labute approximate surface area is 231 Å². The summed E-state index contributed by atoms with van der Waals surface area (Å²) in [6, 6.07) is 15.1. The molecule has 3 rings (SSSR count). The molecule has 0 radical (unpaired) electrons. The fourth-order valence-corrected chi connectivity index (χ4v) is 4.74. The van der Waals surface area contributed by atoms with Gasteiger partial charge in [0.1, 0.15) is 0 Å². The molecule has 1 saturated heterocycles. The van der Waals surface area contributed by atoms with E-state index in [0.717, 1.165) is 30.4 Å². The van der Waals surface area contributed by atoms with E-state index in [9.17, 15) is 14.4 Å². The van der Waals surface area contributed by atoms with Crippen LogP contribution in [0.25, 0.3) is 0 Å². The number of ketones is 1. The van der Waals surface area contributed by atoms with Crippen LogP contribution in [-0.2, 0) is 25.4 Å². The smallest absolute Gasteiger partial charge is 0.338 e. The summed E-state index contributed by atoms with van der Waals surface area (Å²) in [4.78, 5) is 41.6. The van der Waals surface area contributed by atoms with E-state index in [-0.39, 0.29) is 19.0 Å². The summed E-state index contributed by atoms with van der Waals surface area (Å²) in [7, 11) is 3.88. The second-order valence-electron chi connectivity index (χ2n) is 9.84. The van der Waals surface area contributed by atoms with Crippen LogP contribution in [0.4, 0.5) is 5.69 Å². The standard InChI is InChI=1S/C31H40N2O6/c1-5-28(34)38-19-7-8-20-39-30(36)26-11-9-24(10-12-26)23-31(6-2,32(3)4)29(35)25-13-15-27(16-14-25)33-17-21-37-22-18-33/h5,9-16H,1,6-8,17-23H2,2-4H3. The lowest BCUT2D eigenvalue weighted by Crippen LogP contribution is -2.52. The number of hydrogen-bond donors (Lipinski definition) is 0. The van der Waals surface area contributed by atoms with Crippen LogP contribution in [0, 0.1) is 0 Å². The van der Waals surface area contributed by atoms with E-state index in [1.807, 2.05) is 62.3 Å². The molecule has 0 amide bonds. The van der Waals surface area contributed by atoms with Gasteiger partial charge in [0, 0.05) is 30.4 Å². The molecule has 1 heterocycles. The highest BCUT2D eigenvalue weighted by Crippen LogP contribution is 2.29. The van der Waals surface area contributed by atoms with E-state index in [0.29, 0.717) is 50.0 Å². The molecule has 8 heteroatoms. The van der Waals surface area contributed by atoms with Crippen LogP contribution in [0.1, 0.15) is 52.5 Å². The first kappa shape index (κ1) is 30.1. The molecule has 39 heavy (non-hydrogen) atoms. The van der Waals surface area contributed by atoms with E-state index in [1.54, 1.807) is 12.1 Å². The molecule has 1 fully saturated rings. The van der Waals surface area contributed by atoms with Crippen molar-refractivity contribution in [3.05, 3.63) is 77.9 Å². The van der Waals surface area contributed by atoms with Crippen molar-refractivity contribution in [2.75, 3.05) is 58.5 Å². The Balaban J connectivity index is 1.61. The van der Waals surface area contributed by atoms with Crippen LogP contribution in [0.15, 0.2) is 61.2 Å². The third kappa shape index (κ3) is 8.00. The van der Waals surface area contributed by atoms with Crippen molar-refractivity contribution < 1.29 is 28.6 Å².